The average Bonchev–Trinajstić information content (AvgIpc) is 3.22. The molecule has 1 aliphatic heterocycles. The first-order valence-corrected chi connectivity index (χ1v) is 10.5. The van der Waals surface area contributed by atoms with Gasteiger partial charge in [-0.2, -0.15) is 0 Å². The molecule has 0 aliphatic carbocycles. The Labute approximate surface area is 191 Å². The van der Waals surface area contributed by atoms with Crippen LogP contribution in [0, 0.1) is 5.92 Å². The van der Waals surface area contributed by atoms with Gasteiger partial charge in [-0.1, -0.05) is 30.3 Å². The maximum absolute atomic E-state index is 12.8. The van der Waals surface area contributed by atoms with E-state index in [9.17, 15) is 14.4 Å². The molecule has 4 amide bonds. The topological polar surface area (TPSA) is 99.8 Å². The van der Waals surface area contributed by atoms with Crippen molar-refractivity contribution in [3.63, 3.8) is 0 Å². The Morgan fingerprint density at radius 3 is 2.06 bits per heavy atom. The van der Waals surface area contributed by atoms with Crippen LogP contribution in [-0.2, 0) is 9.59 Å². The zero-order valence-corrected chi connectivity index (χ0v) is 18.1. The third kappa shape index (κ3) is 5.30. The van der Waals surface area contributed by atoms with E-state index in [1.807, 2.05) is 30.3 Å². The minimum Gasteiger partial charge on any atom is -0.495 e. The minimum atomic E-state index is -0.475. The predicted octanol–water partition coefficient (Wildman–Crippen LogP) is 4.33. The van der Waals surface area contributed by atoms with Crippen LogP contribution in [-0.4, -0.2) is 31.5 Å². The van der Waals surface area contributed by atoms with E-state index < -0.39 is 5.92 Å². The highest BCUT2D eigenvalue weighted by atomic mass is 16.5. The Kier molecular flexibility index (Phi) is 6.54. The number of hydrogen-bond acceptors (Lipinski definition) is 4. The summed E-state index contributed by atoms with van der Waals surface area (Å²) >= 11 is 0. The van der Waals surface area contributed by atoms with Gasteiger partial charge in [-0.05, 0) is 48.5 Å². The lowest BCUT2D eigenvalue weighted by Gasteiger charge is -2.19. The average molecular weight is 444 g/mol. The van der Waals surface area contributed by atoms with E-state index in [1.165, 1.54) is 0 Å². The molecule has 3 N–H and O–H groups in total. The molecule has 168 valence electrons. The monoisotopic (exact) mass is 444 g/mol. The zero-order valence-electron chi connectivity index (χ0n) is 18.1. The molecule has 1 fully saturated rings. The number of nitrogens with one attached hydrogen (secondary N) is 3. The van der Waals surface area contributed by atoms with Crippen molar-refractivity contribution in [3.8, 4) is 5.75 Å². The fraction of sp³-hybridized carbons (Fsp3) is 0.160. The molecule has 1 atom stereocenters. The van der Waals surface area contributed by atoms with E-state index in [1.54, 1.807) is 60.5 Å². The van der Waals surface area contributed by atoms with Gasteiger partial charge in [0.1, 0.15) is 5.75 Å². The van der Waals surface area contributed by atoms with Crippen molar-refractivity contribution >= 4 is 40.6 Å². The molecule has 8 nitrogen and oxygen atoms in total. The van der Waals surface area contributed by atoms with Crippen LogP contribution in [0.5, 0.6) is 5.75 Å². The second-order valence-corrected chi connectivity index (χ2v) is 7.59. The van der Waals surface area contributed by atoms with Crippen molar-refractivity contribution in [3.05, 3.63) is 78.9 Å². The van der Waals surface area contributed by atoms with Crippen LogP contribution in [0.15, 0.2) is 78.9 Å². The van der Waals surface area contributed by atoms with Crippen LogP contribution in [0.1, 0.15) is 6.42 Å². The molecule has 0 spiro atoms. The molecule has 3 aromatic rings. The molecule has 1 heterocycles. The number of benzene rings is 3. The van der Waals surface area contributed by atoms with Crippen LogP contribution in [0.25, 0.3) is 0 Å². The molecule has 3 aromatic carbocycles. The summed E-state index contributed by atoms with van der Waals surface area (Å²) in [6, 6.07) is 22.8. The van der Waals surface area contributed by atoms with E-state index >= 15 is 0 Å². The molecule has 1 unspecified atom stereocenters. The van der Waals surface area contributed by atoms with E-state index in [0.717, 1.165) is 0 Å². The highest BCUT2D eigenvalue weighted by Gasteiger charge is 2.36. The van der Waals surface area contributed by atoms with Gasteiger partial charge in [0.25, 0.3) is 0 Å². The quantitative estimate of drug-likeness (QED) is 0.527. The van der Waals surface area contributed by atoms with Crippen LogP contribution < -0.4 is 25.6 Å². The first kappa shape index (κ1) is 21.9. The number of amides is 4. The van der Waals surface area contributed by atoms with Gasteiger partial charge >= 0.3 is 6.03 Å². The molecular weight excluding hydrogens is 420 g/mol. The molecular formula is C25H24N4O4. The van der Waals surface area contributed by atoms with Gasteiger partial charge in [-0.3, -0.25) is 9.59 Å². The molecule has 1 aliphatic rings. The molecule has 0 aromatic heterocycles. The maximum Gasteiger partial charge on any atom is 0.323 e. The Morgan fingerprint density at radius 2 is 1.39 bits per heavy atom. The number of para-hydroxylation sites is 3. The number of carbonyl (C=O) groups excluding carboxylic acids is 3. The molecule has 0 bridgehead atoms. The highest BCUT2D eigenvalue weighted by Crippen LogP contribution is 2.33. The number of ether oxygens (including phenoxy) is 1. The lowest BCUT2D eigenvalue weighted by molar-refractivity contribution is -0.122. The zero-order chi connectivity index (χ0) is 23.2. The van der Waals surface area contributed by atoms with Crippen molar-refractivity contribution < 1.29 is 19.1 Å². The van der Waals surface area contributed by atoms with Crippen LogP contribution in [0.2, 0.25) is 0 Å². The first-order valence-electron chi connectivity index (χ1n) is 10.5. The van der Waals surface area contributed by atoms with Gasteiger partial charge in [0, 0.05) is 30.0 Å². The molecule has 33 heavy (non-hydrogen) atoms. The number of carbonyl (C=O) groups is 3. The molecule has 1 saturated heterocycles. The summed E-state index contributed by atoms with van der Waals surface area (Å²) in [6.07, 6.45) is 0.128. The van der Waals surface area contributed by atoms with Gasteiger partial charge in [-0.15, -0.1) is 0 Å². The summed E-state index contributed by atoms with van der Waals surface area (Å²) in [5, 5.41) is 8.33. The number of methoxy groups -OCH3 is 1. The summed E-state index contributed by atoms with van der Waals surface area (Å²) in [7, 11) is 1.55. The van der Waals surface area contributed by atoms with E-state index in [2.05, 4.69) is 16.0 Å². The first-order chi connectivity index (χ1) is 16.0. The second kappa shape index (κ2) is 9.86. The second-order valence-electron chi connectivity index (χ2n) is 7.59. The summed E-state index contributed by atoms with van der Waals surface area (Å²) < 4.78 is 5.34. The Hall–Kier alpha value is -4.33. The van der Waals surface area contributed by atoms with E-state index in [0.29, 0.717) is 28.5 Å². The smallest absolute Gasteiger partial charge is 0.323 e. The predicted molar refractivity (Wildman–Crippen MR) is 128 cm³/mol. The van der Waals surface area contributed by atoms with Crippen molar-refractivity contribution in [2.75, 3.05) is 34.5 Å². The van der Waals surface area contributed by atoms with Crippen molar-refractivity contribution in [1.82, 2.24) is 0 Å². The number of rotatable bonds is 6. The standard InChI is InChI=1S/C25H24N4O4/c1-33-22-10-6-5-9-21(22)29-16-17(15-23(29)30)24(31)26-19-11-13-20(14-12-19)28-25(32)27-18-7-3-2-4-8-18/h2-14,17H,15-16H2,1H3,(H,26,31)(H2,27,28,32). The number of urea groups is 1. The minimum absolute atomic E-state index is 0.122. The third-order valence-corrected chi connectivity index (χ3v) is 5.31. The Balaban J connectivity index is 1.33. The molecule has 4 rings (SSSR count). The van der Waals surface area contributed by atoms with Gasteiger partial charge < -0.3 is 25.6 Å². The summed E-state index contributed by atoms with van der Waals surface area (Å²) in [6.45, 7) is 0.282. The Morgan fingerprint density at radius 1 is 0.818 bits per heavy atom. The van der Waals surface area contributed by atoms with E-state index in [4.69, 9.17) is 4.74 Å². The Bertz CT molecular complexity index is 1150. The number of hydrogen-bond donors (Lipinski definition) is 3. The number of anilines is 4. The van der Waals surface area contributed by atoms with Crippen LogP contribution in [0.4, 0.5) is 27.5 Å². The van der Waals surface area contributed by atoms with Crippen molar-refractivity contribution in [1.29, 1.82) is 0 Å². The van der Waals surface area contributed by atoms with Gasteiger partial charge in [0.2, 0.25) is 11.8 Å². The lowest BCUT2D eigenvalue weighted by Crippen LogP contribution is -2.28. The lowest BCUT2D eigenvalue weighted by atomic mass is 10.1. The maximum atomic E-state index is 12.8. The SMILES string of the molecule is COc1ccccc1N1CC(C(=O)Nc2ccc(NC(=O)Nc3ccccc3)cc2)CC1=O. The number of nitrogens with zero attached hydrogens (tertiary/aromatic N) is 1. The third-order valence-electron chi connectivity index (χ3n) is 5.31. The highest BCUT2D eigenvalue weighted by molar-refractivity contribution is 6.04. The largest absolute Gasteiger partial charge is 0.495 e. The summed E-state index contributed by atoms with van der Waals surface area (Å²) in [5.41, 5.74) is 2.51. The van der Waals surface area contributed by atoms with E-state index in [-0.39, 0.29) is 30.8 Å². The molecule has 8 heteroatoms. The van der Waals surface area contributed by atoms with Gasteiger partial charge in [0.15, 0.2) is 0 Å². The fourth-order valence-corrected chi connectivity index (χ4v) is 3.66. The van der Waals surface area contributed by atoms with Gasteiger partial charge in [-0.25, -0.2) is 4.79 Å². The van der Waals surface area contributed by atoms with Gasteiger partial charge in [0.05, 0.1) is 18.7 Å². The summed E-state index contributed by atoms with van der Waals surface area (Å²) in [5.74, 6) is -0.241. The molecule has 0 radical (unpaired) electrons. The van der Waals surface area contributed by atoms with Crippen LogP contribution >= 0.6 is 0 Å². The normalized spacial score (nSPS) is 15.1. The fourth-order valence-electron chi connectivity index (χ4n) is 3.66. The van der Waals surface area contributed by atoms with Crippen molar-refractivity contribution in [2.45, 2.75) is 6.42 Å². The van der Waals surface area contributed by atoms with Crippen molar-refractivity contribution in [2.24, 2.45) is 5.92 Å². The summed E-state index contributed by atoms with van der Waals surface area (Å²) in [4.78, 5) is 39.0. The molecule has 0 saturated carbocycles. The van der Waals surface area contributed by atoms with Crippen LogP contribution in [0.3, 0.4) is 0 Å².